The second-order valence-corrected chi connectivity index (χ2v) is 6.69. The second kappa shape index (κ2) is 7.63. The average molecular weight is 363 g/mol. The molecule has 25 heavy (non-hydrogen) atoms. The van der Waals surface area contributed by atoms with Crippen LogP contribution in [0.1, 0.15) is 5.56 Å². The number of rotatable bonds is 3. The normalized spacial score (nSPS) is 11.6. The summed E-state index contributed by atoms with van der Waals surface area (Å²) in [6, 6.07) is 15.0. The van der Waals surface area contributed by atoms with E-state index in [0.717, 1.165) is 11.6 Å². The Kier molecular flexibility index (Phi) is 5.97. The molecular formula is C17H14N3NaO3S. The third kappa shape index (κ3) is 4.26. The second-order valence-electron chi connectivity index (χ2n) is 5.34. The van der Waals surface area contributed by atoms with Gasteiger partial charge in [-0.2, -0.15) is 5.11 Å². The van der Waals surface area contributed by atoms with Gasteiger partial charge in [0.05, 0.1) is 16.3 Å². The fourth-order valence-corrected chi connectivity index (χ4v) is 3.07. The summed E-state index contributed by atoms with van der Waals surface area (Å²) in [6.45, 7) is 1.95. The smallest absolute Gasteiger partial charge is 0.744 e. The monoisotopic (exact) mass is 363 g/mol. The molecule has 0 bridgehead atoms. The van der Waals surface area contributed by atoms with Crippen molar-refractivity contribution in [3.05, 3.63) is 60.2 Å². The zero-order valence-electron chi connectivity index (χ0n) is 13.8. The Morgan fingerprint density at radius 3 is 2.16 bits per heavy atom. The van der Waals surface area contributed by atoms with Gasteiger partial charge < -0.3 is 10.3 Å². The van der Waals surface area contributed by atoms with Gasteiger partial charge in [0, 0.05) is 10.8 Å². The van der Waals surface area contributed by atoms with Crippen molar-refractivity contribution >= 4 is 38.0 Å². The molecule has 8 heteroatoms. The van der Waals surface area contributed by atoms with E-state index < -0.39 is 10.1 Å². The number of benzene rings is 3. The minimum absolute atomic E-state index is 0. The molecule has 0 atom stereocenters. The molecule has 2 N–H and O–H groups in total. The zero-order chi connectivity index (χ0) is 17.3. The molecule has 0 heterocycles. The van der Waals surface area contributed by atoms with Crippen LogP contribution in [0.25, 0.3) is 10.8 Å². The van der Waals surface area contributed by atoms with Crippen LogP contribution >= 0.6 is 0 Å². The molecule has 0 amide bonds. The first kappa shape index (κ1) is 19.6. The number of hydrogen-bond donors (Lipinski definition) is 1. The Balaban J connectivity index is 0.00000225. The minimum Gasteiger partial charge on any atom is -0.744 e. The molecule has 0 radical (unpaired) electrons. The average Bonchev–Trinajstić information content (AvgIpc) is 2.55. The maximum Gasteiger partial charge on any atom is 1.00 e. The van der Waals surface area contributed by atoms with Gasteiger partial charge in [0.25, 0.3) is 0 Å². The first-order valence-electron chi connectivity index (χ1n) is 7.12. The number of hydrogen-bond acceptors (Lipinski definition) is 6. The number of anilines is 1. The van der Waals surface area contributed by atoms with E-state index in [-0.39, 0.29) is 51.2 Å². The third-order valence-electron chi connectivity index (χ3n) is 3.60. The quantitative estimate of drug-likeness (QED) is 0.325. The van der Waals surface area contributed by atoms with Crippen molar-refractivity contribution in [3.63, 3.8) is 0 Å². The molecule has 0 aliphatic rings. The van der Waals surface area contributed by atoms with E-state index in [4.69, 9.17) is 5.73 Å². The van der Waals surface area contributed by atoms with Gasteiger partial charge in [0.2, 0.25) is 0 Å². The van der Waals surface area contributed by atoms with Crippen molar-refractivity contribution in [1.29, 1.82) is 0 Å². The van der Waals surface area contributed by atoms with Crippen LogP contribution in [0.5, 0.6) is 0 Å². The number of nitrogens with two attached hydrogens (primary N) is 1. The van der Waals surface area contributed by atoms with Crippen LogP contribution in [-0.4, -0.2) is 13.0 Å². The maximum atomic E-state index is 11.6. The van der Waals surface area contributed by atoms with Gasteiger partial charge in [-0.15, -0.1) is 5.11 Å². The van der Waals surface area contributed by atoms with Crippen LogP contribution in [0.2, 0.25) is 0 Å². The summed E-state index contributed by atoms with van der Waals surface area (Å²) in [5.41, 5.74) is 8.16. The van der Waals surface area contributed by atoms with Crippen LogP contribution in [0.15, 0.2) is 69.7 Å². The summed E-state index contributed by atoms with van der Waals surface area (Å²) in [6.07, 6.45) is 0. The van der Waals surface area contributed by atoms with Gasteiger partial charge in [-0.1, -0.05) is 42.0 Å². The fourth-order valence-electron chi connectivity index (χ4n) is 2.36. The van der Waals surface area contributed by atoms with Crippen molar-refractivity contribution in [2.24, 2.45) is 10.2 Å². The summed E-state index contributed by atoms with van der Waals surface area (Å²) < 4.78 is 34.7. The summed E-state index contributed by atoms with van der Waals surface area (Å²) in [7, 11) is -4.66. The van der Waals surface area contributed by atoms with Crippen LogP contribution in [0.4, 0.5) is 17.1 Å². The predicted octanol–water partition coefficient (Wildman–Crippen LogP) is 1.05. The van der Waals surface area contributed by atoms with Gasteiger partial charge in [0.1, 0.15) is 15.8 Å². The number of aryl methyl sites for hydroxylation is 1. The van der Waals surface area contributed by atoms with Gasteiger partial charge in [-0.25, -0.2) is 8.42 Å². The van der Waals surface area contributed by atoms with Crippen molar-refractivity contribution < 1.29 is 42.5 Å². The molecule has 0 saturated carbocycles. The first-order valence-corrected chi connectivity index (χ1v) is 8.52. The minimum atomic E-state index is -4.66. The number of nitrogen functional groups attached to an aromatic ring is 1. The molecule has 0 aliphatic carbocycles. The predicted molar refractivity (Wildman–Crippen MR) is 91.7 cm³/mol. The van der Waals surface area contributed by atoms with Crippen molar-refractivity contribution in [1.82, 2.24) is 0 Å². The Hall–Kier alpha value is -1.77. The van der Waals surface area contributed by atoms with Crippen molar-refractivity contribution in [2.75, 3.05) is 5.73 Å². The summed E-state index contributed by atoms with van der Waals surface area (Å²) >= 11 is 0. The topological polar surface area (TPSA) is 108 Å². The van der Waals surface area contributed by atoms with E-state index in [9.17, 15) is 13.0 Å². The van der Waals surface area contributed by atoms with Gasteiger partial charge in [0.15, 0.2) is 0 Å². The molecule has 3 aromatic rings. The molecule has 6 nitrogen and oxygen atoms in total. The SMILES string of the molecule is Cc1ccc(N=Nc2cc(S(=O)(=O)[O-])c3ccccc3c2N)cc1.[Na+]. The molecule has 122 valence electrons. The Bertz CT molecular complexity index is 1050. The van der Waals surface area contributed by atoms with Crippen LogP contribution in [0, 0.1) is 6.92 Å². The fraction of sp³-hybridized carbons (Fsp3) is 0.0588. The Morgan fingerprint density at radius 2 is 1.56 bits per heavy atom. The van der Waals surface area contributed by atoms with E-state index in [2.05, 4.69) is 10.2 Å². The van der Waals surface area contributed by atoms with Crippen LogP contribution < -0.4 is 35.3 Å². The Morgan fingerprint density at radius 1 is 0.960 bits per heavy atom. The molecular weight excluding hydrogens is 349 g/mol. The maximum absolute atomic E-state index is 11.6. The number of nitrogens with zero attached hydrogens (tertiary/aromatic N) is 2. The molecule has 0 unspecified atom stereocenters. The number of azo groups is 1. The first-order chi connectivity index (χ1) is 11.4. The summed E-state index contributed by atoms with van der Waals surface area (Å²) in [5, 5.41) is 8.81. The molecule has 0 aliphatic heterocycles. The largest absolute Gasteiger partial charge is 1.00 e. The molecule has 3 aromatic carbocycles. The molecule has 0 spiro atoms. The Labute approximate surface area is 167 Å². The van der Waals surface area contributed by atoms with Gasteiger partial charge in [-0.05, 0) is 25.1 Å². The molecule has 0 fully saturated rings. The van der Waals surface area contributed by atoms with E-state index in [0.29, 0.717) is 11.1 Å². The van der Waals surface area contributed by atoms with Crippen LogP contribution in [-0.2, 0) is 10.1 Å². The van der Waals surface area contributed by atoms with Crippen molar-refractivity contribution in [2.45, 2.75) is 11.8 Å². The van der Waals surface area contributed by atoms with Gasteiger partial charge >= 0.3 is 29.6 Å². The van der Waals surface area contributed by atoms with E-state index in [1.165, 1.54) is 6.07 Å². The van der Waals surface area contributed by atoms with Crippen molar-refractivity contribution in [3.8, 4) is 0 Å². The van der Waals surface area contributed by atoms with Gasteiger partial charge in [-0.3, -0.25) is 0 Å². The molecule has 3 rings (SSSR count). The van der Waals surface area contributed by atoms with E-state index in [1.54, 1.807) is 30.3 Å². The molecule has 0 aromatic heterocycles. The number of fused-ring (bicyclic) bond motifs is 1. The van der Waals surface area contributed by atoms with Crippen LogP contribution in [0.3, 0.4) is 0 Å². The molecule has 0 saturated heterocycles. The van der Waals surface area contributed by atoms with E-state index >= 15 is 0 Å². The van der Waals surface area contributed by atoms with E-state index in [1.807, 2.05) is 19.1 Å². The third-order valence-corrected chi connectivity index (χ3v) is 4.48. The zero-order valence-corrected chi connectivity index (χ0v) is 16.6. The standard InChI is InChI=1S/C17H15N3O3S.Na/c1-11-6-8-12(9-7-11)19-20-15-10-16(24(21,22)23)13-4-2-3-5-14(13)17(15)18;/h2-10H,18H2,1H3,(H,21,22,23);/q;+1/p-1. The summed E-state index contributed by atoms with van der Waals surface area (Å²) in [5.74, 6) is 0. The summed E-state index contributed by atoms with van der Waals surface area (Å²) in [4.78, 5) is -0.356.